The number of carbonyl (C=O) groups is 1. The van der Waals surface area contributed by atoms with E-state index in [9.17, 15) is 13.2 Å². The average Bonchev–Trinajstić information content (AvgIpc) is 2.62. The van der Waals surface area contributed by atoms with Crippen molar-refractivity contribution in [3.63, 3.8) is 0 Å². The Kier molecular flexibility index (Phi) is 5.16. The second-order valence-electron chi connectivity index (χ2n) is 6.81. The molecule has 1 aliphatic heterocycles. The molecule has 0 fully saturated rings. The zero-order chi connectivity index (χ0) is 18.9. The SMILES string of the molecule is CC(=O)N1CCCc2cc(S(=O)(=O)N(C)Cc3ccc(C)cc3)ccc21. The molecule has 0 N–H and O–H groups in total. The van der Waals surface area contributed by atoms with Gasteiger partial charge in [-0.15, -0.1) is 0 Å². The smallest absolute Gasteiger partial charge is 0.243 e. The van der Waals surface area contributed by atoms with Crippen molar-refractivity contribution in [2.24, 2.45) is 0 Å². The molecule has 1 aliphatic rings. The summed E-state index contributed by atoms with van der Waals surface area (Å²) in [7, 11) is -1.99. The number of benzene rings is 2. The summed E-state index contributed by atoms with van der Waals surface area (Å²) in [5.41, 5.74) is 3.83. The lowest BCUT2D eigenvalue weighted by Gasteiger charge is -2.29. The highest BCUT2D eigenvalue weighted by molar-refractivity contribution is 7.89. The van der Waals surface area contributed by atoms with E-state index in [1.807, 2.05) is 31.2 Å². The lowest BCUT2D eigenvalue weighted by Crippen LogP contribution is -2.34. The van der Waals surface area contributed by atoms with Gasteiger partial charge < -0.3 is 4.90 Å². The summed E-state index contributed by atoms with van der Waals surface area (Å²) in [5.74, 6) is -0.0157. The Balaban J connectivity index is 1.87. The van der Waals surface area contributed by atoms with Crippen molar-refractivity contribution in [1.82, 2.24) is 4.31 Å². The van der Waals surface area contributed by atoms with Crippen molar-refractivity contribution in [2.75, 3.05) is 18.5 Å². The molecule has 6 heteroatoms. The van der Waals surface area contributed by atoms with E-state index in [2.05, 4.69) is 0 Å². The molecule has 0 unspecified atom stereocenters. The van der Waals surface area contributed by atoms with Crippen LogP contribution in [0, 0.1) is 6.92 Å². The number of aryl methyl sites for hydroxylation is 2. The Morgan fingerprint density at radius 2 is 1.85 bits per heavy atom. The molecule has 0 aliphatic carbocycles. The standard InChI is InChI=1S/C20H24N2O3S/c1-15-6-8-17(9-7-15)14-21(3)26(24,25)19-10-11-20-18(13-19)5-4-12-22(20)16(2)23/h6-11,13H,4-5,12,14H2,1-3H3. The Bertz CT molecular complexity index is 921. The van der Waals surface area contributed by atoms with Crippen LogP contribution in [0.4, 0.5) is 5.69 Å². The van der Waals surface area contributed by atoms with Gasteiger partial charge in [0.15, 0.2) is 0 Å². The normalized spacial score (nSPS) is 14.4. The molecule has 5 nitrogen and oxygen atoms in total. The quantitative estimate of drug-likeness (QED) is 0.829. The van der Waals surface area contributed by atoms with E-state index < -0.39 is 10.0 Å². The number of fused-ring (bicyclic) bond motifs is 1. The summed E-state index contributed by atoms with van der Waals surface area (Å²) in [4.78, 5) is 13.8. The number of rotatable bonds is 4. The average molecular weight is 372 g/mol. The van der Waals surface area contributed by atoms with Gasteiger partial charge in [0.2, 0.25) is 15.9 Å². The van der Waals surface area contributed by atoms with E-state index in [0.717, 1.165) is 35.2 Å². The van der Waals surface area contributed by atoms with Crippen LogP contribution in [0.2, 0.25) is 0 Å². The highest BCUT2D eigenvalue weighted by Gasteiger charge is 2.25. The molecule has 0 aromatic heterocycles. The zero-order valence-electron chi connectivity index (χ0n) is 15.4. The van der Waals surface area contributed by atoms with Crippen molar-refractivity contribution in [2.45, 2.75) is 38.1 Å². The highest BCUT2D eigenvalue weighted by atomic mass is 32.2. The second kappa shape index (κ2) is 7.21. The van der Waals surface area contributed by atoms with E-state index in [-0.39, 0.29) is 10.8 Å². The van der Waals surface area contributed by atoms with Gasteiger partial charge >= 0.3 is 0 Å². The van der Waals surface area contributed by atoms with E-state index >= 15 is 0 Å². The molecule has 3 rings (SSSR count). The Morgan fingerprint density at radius 1 is 1.15 bits per heavy atom. The maximum atomic E-state index is 13.0. The summed E-state index contributed by atoms with van der Waals surface area (Å²) >= 11 is 0. The van der Waals surface area contributed by atoms with Crippen LogP contribution in [0.3, 0.4) is 0 Å². The molecule has 2 aromatic rings. The van der Waals surface area contributed by atoms with Crippen molar-refractivity contribution < 1.29 is 13.2 Å². The lowest BCUT2D eigenvalue weighted by atomic mass is 10.0. The van der Waals surface area contributed by atoms with E-state index in [1.165, 1.54) is 11.2 Å². The monoisotopic (exact) mass is 372 g/mol. The molecule has 0 saturated heterocycles. The van der Waals surface area contributed by atoms with Gasteiger partial charge in [0.05, 0.1) is 4.90 Å². The van der Waals surface area contributed by atoms with Gasteiger partial charge in [-0.3, -0.25) is 4.79 Å². The minimum absolute atomic E-state index is 0.0157. The topological polar surface area (TPSA) is 57.7 Å². The number of hydrogen-bond donors (Lipinski definition) is 0. The fourth-order valence-corrected chi connectivity index (χ4v) is 4.49. The van der Waals surface area contributed by atoms with Gasteiger partial charge in [0.25, 0.3) is 0 Å². The van der Waals surface area contributed by atoms with Crippen LogP contribution in [0.15, 0.2) is 47.4 Å². The molecule has 0 atom stereocenters. The van der Waals surface area contributed by atoms with Crippen molar-refractivity contribution >= 4 is 21.6 Å². The molecule has 0 spiro atoms. The number of sulfonamides is 1. The third-order valence-corrected chi connectivity index (χ3v) is 6.58. The molecule has 0 saturated carbocycles. The van der Waals surface area contributed by atoms with Crippen LogP contribution in [0.1, 0.15) is 30.0 Å². The number of anilines is 1. The molecule has 1 amide bonds. The molecule has 0 radical (unpaired) electrons. The first-order valence-electron chi connectivity index (χ1n) is 8.72. The maximum Gasteiger partial charge on any atom is 0.243 e. The molecular weight excluding hydrogens is 348 g/mol. The molecule has 0 bridgehead atoms. The van der Waals surface area contributed by atoms with Crippen molar-refractivity contribution in [3.8, 4) is 0 Å². The fourth-order valence-electron chi connectivity index (χ4n) is 3.28. The van der Waals surface area contributed by atoms with Gasteiger partial charge in [-0.05, 0) is 49.1 Å². The van der Waals surface area contributed by atoms with Gasteiger partial charge in [-0.25, -0.2) is 8.42 Å². The predicted octanol–water partition coefficient (Wildman–Crippen LogP) is 3.11. The fraction of sp³-hybridized carbons (Fsp3) is 0.350. The number of carbonyl (C=O) groups excluding carboxylic acids is 1. The Labute approximate surface area is 155 Å². The van der Waals surface area contributed by atoms with E-state index in [1.54, 1.807) is 30.1 Å². The summed E-state index contributed by atoms with van der Waals surface area (Å²) in [6, 6.07) is 12.9. The van der Waals surface area contributed by atoms with Crippen LogP contribution in [-0.4, -0.2) is 32.2 Å². The zero-order valence-corrected chi connectivity index (χ0v) is 16.2. The van der Waals surface area contributed by atoms with Crippen molar-refractivity contribution in [1.29, 1.82) is 0 Å². The third-order valence-electron chi connectivity index (χ3n) is 4.78. The van der Waals surface area contributed by atoms with Gasteiger partial charge in [-0.1, -0.05) is 29.8 Å². The van der Waals surface area contributed by atoms with Crippen LogP contribution < -0.4 is 4.90 Å². The number of nitrogens with zero attached hydrogens (tertiary/aromatic N) is 2. The summed E-state index contributed by atoms with van der Waals surface area (Å²) in [6.45, 7) is 4.54. The maximum absolute atomic E-state index is 13.0. The first-order chi connectivity index (χ1) is 12.3. The van der Waals surface area contributed by atoms with Crippen LogP contribution in [0.25, 0.3) is 0 Å². The molecule has 1 heterocycles. The molecular formula is C20H24N2O3S. The molecule has 2 aromatic carbocycles. The number of hydrogen-bond acceptors (Lipinski definition) is 3. The minimum Gasteiger partial charge on any atom is -0.312 e. The first-order valence-corrected chi connectivity index (χ1v) is 10.2. The predicted molar refractivity (Wildman–Crippen MR) is 103 cm³/mol. The van der Waals surface area contributed by atoms with E-state index in [4.69, 9.17) is 0 Å². The minimum atomic E-state index is -3.59. The molecule has 26 heavy (non-hydrogen) atoms. The molecule has 138 valence electrons. The first kappa shape index (κ1) is 18.6. The van der Waals surface area contributed by atoms with Crippen LogP contribution >= 0.6 is 0 Å². The van der Waals surface area contributed by atoms with Gasteiger partial charge in [0.1, 0.15) is 0 Å². The van der Waals surface area contributed by atoms with Gasteiger partial charge in [-0.2, -0.15) is 4.31 Å². The summed E-state index contributed by atoms with van der Waals surface area (Å²) in [5, 5.41) is 0. The Morgan fingerprint density at radius 3 is 2.50 bits per heavy atom. The summed E-state index contributed by atoms with van der Waals surface area (Å²) < 4.78 is 27.3. The highest BCUT2D eigenvalue weighted by Crippen LogP contribution is 2.30. The largest absolute Gasteiger partial charge is 0.312 e. The van der Waals surface area contributed by atoms with E-state index in [0.29, 0.717) is 13.1 Å². The van der Waals surface area contributed by atoms with Gasteiger partial charge in [0, 0.05) is 32.7 Å². The van der Waals surface area contributed by atoms with Crippen LogP contribution in [0.5, 0.6) is 0 Å². The second-order valence-corrected chi connectivity index (χ2v) is 8.86. The Hall–Kier alpha value is -2.18. The third kappa shape index (κ3) is 3.66. The number of amides is 1. The van der Waals surface area contributed by atoms with Crippen LogP contribution in [-0.2, 0) is 27.8 Å². The van der Waals surface area contributed by atoms with Crippen molar-refractivity contribution in [3.05, 3.63) is 59.2 Å². The summed E-state index contributed by atoms with van der Waals surface area (Å²) in [6.07, 6.45) is 1.62. The lowest BCUT2D eigenvalue weighted by molar-refractivity contribution is -0.116.